The summed E-state index contributed by atoms with van der Waals surface area (Å²) in [4.78, 5) is 37.8. The number of nitrogens with one attached hydrogen (secondary N) is 1. The third kappa shape index (κ3) is 7.20. The standard InChI is InChI=1S/C24H31N3O6/c1-6-17(3)25-24(29)18(4)26(14-19-9-7-8-16(2)12-19)23(28)15-33-20-10-11-21(27(30)31)22(13-20)32-5/h7-13,17-18H,6,14-15H2,1-5H3,(H,25,29)/t17-,18-/m0/s1. The fourth-order valence-electron chi connectivity index (χ4n) is 3.18. The lowest BCUT2D eigenvalue weighted by Gasteiger charge is -2.29. The number of rotatable bonds is 11. The first-order chi connectivity index (χ1) is 15.7. The maximum Gasteiger partial charge on any atom is 0.311 e. The van der Waals surface area contributed by atoms with Crippen molar-refractivity contribution in [3.63, 3.8) is 0 Å². The van der Waals surface area contributed by atoms with Crippen LogP contribution in [-0.2, 0) is 16.1 Å². The Kier molecular flexibility index (Phi) is 9.20. The van der Waals surface area contributed by atoms with Gasteiger partial charge in [-0.25, -0.2) is 0 Å². The molecule has 9 nitrogen and oxygen atoms in total. The van der Waals surface area contributed by atoms with Crippen molar-refractivity contribution in [3.05, 3.63) is 63.7 Å². The number of carbonyl (C=O) groups is 2. The number of aryl methyl sites for hydroxylation is 1. The highest BCUT2D eigenvalue weighted by Gasteiger charge is 2.27. The summed E-state index contributed by atoms with van der Waals surface area (Å²) in [6, 6.07) is 11.0. The fourth-order valence-corrected chi connectivity index (χ4v) is 3.18. The summed E-state index contributed by atoms with van der Waals surface area (Å²) in [5, 5.41) is 14.0. The number of amides is 2. The van der Waals surface area contributed by atoms with Crippen LogP contribution in [0.2, 0.25) is 0 Å². The molecule has 0 aliphatic carbocycles. The molecule has 9 heteroatoms. The largest absolute Gasteiger partial charge is 0.490 e. The first-order valence-electron chi connectivity index (χ1n) is 10.8. The first kappa shape index (κ1) is 25.6. The number of ether oxygens (including phenoxy) is 2. The van der Waals surface area contributed by atoms with E-state index in [0.29, 0.717) is 0 Å². The number of nitrogens with zero attached hydrogens (tertiary/aromatic N) is 2. The highest BCUT2D eigenvalue weighted by molar-refractivity contribution is 5.88. The highest BCUT2D eigenvalue weighted by Crippen LogP contribution is 2.30. The predicted molar refractivity (Wildman–Crippen MR) is 124 cm³/mol. The van der Waals surface area contributed by atoms with Gasteiger partial charge in [-0.05, 0) is 38.8 Å². The van der Waals surface area contributed by atoms with E-state index in [-0.39, 0.29) is 48.2 Å². The molecule has 33 heavy (non-hydrogen) atoms. The Bertz CT molecular complexity index is 994. The number of nitro benzene ring substituents is 1. The molecule has 2 amide bonds. The lowest BCUT2D eigenvalue weighted by molar-refractivity contribution is -0.385. The molecule has 2 rings (SSSR count). The van der Waals surface area contributed by atoms with Crippen molar-refractivity contribution in [1.82, 2.24) is 10.2 Å². The zero-order valence-electron chi connectivity index (χ0n) is 19.7. The van der Waals surface area contributed by atoms with Crippen LogP contribution in [0.1, 0.15) is 38.3 Å². The van der Waals surface area contributed by atoms with Gasteiger partial charge in [-0.2, -0.15) is 0 Å². The lowest BCUT2D eigenvalue weighted by atomic mass is 10.1. The summed E-state index contributed by atoms with van der Waals surface area (Å²) < 4.78 is 10.6. The summed E-state index contributed by atoms with van der Waals surface area (Å²) in [5.41, 5.74) is 1.74. The van der Waals surface area contributed by atoms with Crippen LogP contribution in [-0.4, -0.2) is 47.4 Å². The fraction of sp³-hybridized carbons (Fsp3) is 0.417. The maximum atomic E-state index is 13.1. The van der Waals surface area contributed by atoms with Crippen LogP contribution in [0.15, 0.2) is 42.5 Å². The van der Waals surface area contributed by atoms with Gasteiger partial charge in [0, 0.05) is 24.7 Å². The van der Waals surface area contributed by atoms with Crippen molar-refractivity contribution in [2.24, 2.45) is 0 Å². The molecule has 1 N–H and O–H groups in total. The van der Waals surface area contributed by atoms with Gasteiger partial charge in [-0.3, -0.25) is 19.7 Å². The van der Waals surface area contributed by atoms with E-state index in [1.54, 1.807) is 6.92 Å². The summed E-state index contributed by atoms with van der Waals surface area (Å²) in [6.07, 6.45) is 0.773. The van der Waals surface area contributed by atoms with Gasteiger partial charge in [0.25, 0.3) is 5.91 Å². The molecule has 0 fully saturated rings. The van der Waals surface area contributed by atoms with Gasteiger partial charge in [0.15, 0.2) is 6.61 Å². The van der Waals surface area contributed by atoms with Crippen LogP contribution in [0.25, 0.3) is 0 Å². The summed E-state index contributed by atoms with van der Waals surface area (Å²) in [7, 11) is 1.32. The molecule has 178 valence electrons. The van der Waals surface area contributed by atoms with Gasteiger partial charge in [0.1, 0.15) is 11.8 Å². The van der Waals surface area contributed by atoms with Crippen molar-refractivity contribution in [2.75, 3.05) is 13.7 Å². The second-order valence-corrected chi connectivity index (χ2v) is 7.88. The molecule has 2 atom stereocenters. The average molecular weight is 458 g/mol. The second-order valence-electron chi connectivity index (χ2n) is 7.88. The summed E-state index contributed by atoms with van der Waals surface area (Å²) in [6.45, 7) is 7.41. The molecular weight excluding hydrogens is 426 g/mol. The lowest BCUT2D eigenvalue weighted by Crippen LogP contribution is -2.50. The Labute approximate surface area is 193 Å². The van der Waals surface area contributed by atoms with E-state index >= 15 is 0 Å². The van der Waals surface area contributed by atoms with Crippen molar-refractivity contribution in [3.8, 4) is 11.5 Å². The number of hydrogen-bond donors (Lipinski definition) is 1. The van der Waals surface area contributed by atoms with Gasteiger partial charge >= 0.3 is 5.69 Å². The summed E-state index contributed by atoms with van der Waals surface area (Å²) >= 11 is 0. The molecule has 0 aliphatic heterocycles. The molecule has 0 saturated heterocycles. The smallest absolute Gasteiger partial charge is 0.311 e. The Hall–Kier alpha value is -3.62. The quantitative estimate of drug-likeness (QED) is 0.408. The Morgan fingerprint density at radius 1 is 1.18 bits per heavy atom. The normalized spacial score (nSPS) is 12.4. The first-order valence-corrected chi connectivity index (χ1v) is 10.8. The van der Waals surface area contributed by atoms with E-state index in [1.165, 1.54) is 30.2 Å². The third-order valence-corrected chi connectivity index (χ3v) is 5.31. The molecule has 0 bridgehead atoms. The Balaban J connectivity index is 2.20. The van der Waals surface area contributed by atoms with Gasteiger partial charge < -0.3 is 19.7 Å². The van der Waals surface area contributed by atoms with Crippen LogP contribution < -0.4 is 14.8 Å². The SMILES string of the molecule is CC[C@H](C)NC(=O)[C@H](C)N(Cc1cccc(C)c1)C(=O)COc1ccc([N+](=O)[O-])c(OC)c1. The Morgan fingerprint density at radius 3 is 2.52 bits per heavy atom. The molecule has 0 aromatic heterocycles. The molecule has 0 saturated carbocycles. The number of hydrogen-bond acceptors (Lipinski definition) is 6. The second kappa shape index (κ2) is 11.8. The van der Waals surface area contributed by atoms with E-state index in [2.05, 4.69) is 5.32 Å². The van der Waals surface area contributed by atoms with E-state index in [0.717, 1.165) is 17.5 Å². The zero-order valence-corrected chi connectivity index (χ0v) is 19.7. The Morgan fingerprint density at radius 2 is 1.91 bits per heavy atom. The van der Waals surface area contributed by atoms with Gasteiger partial charge in [0.2, 0.25) is 11.7 Å². The van der Waals surface area contributed by atoms with Crippen LogP contribution >= 0.6 is 0 Å². The van der Waals surface area contributed by atoms with E-state index in [4.69, 9.17) is 9.47 Å². The minimum atomic E-state index is -0.720. The van der Waals surface area contributed by atoms with Gasteiger partial charge in [-0.1, -0.05) is 36.8 Å². The molecular formula is C24H31N3O6. The number of nitro groups is 1. The van der Waals surface area contributed by atoms with Crippen molar-refractivity contribution in [2.45, 2.75) is 52.7 Å². The average Bonchev–Trinajstić information content (AvgIpc) is 2.80. The van der Waals surface area contributed by atoms with Crippen molar-refractivity contribution >= 4 is 17.5 Å². The van der Waals surface area contributed by atoms with E-state index in [9.17, 15) is 19.7 Å². The minimum absolute atomic E-state index is 0.0142. The van der Waals surface area contributed by atoms with Crippen LogP contribution in [0, 0.1) is 17.0 Å². The number of carbonyl (C=O) groups excluding carboxylic acids is 2. The van der Waals surface area contributed by atoms with Gasteiger partial charge in [-0.15, -0.1) is 0 Å². The number of benzene rings is 2. The molecule has 0 unspecified atom stereocenters. The number of methoxy groups -OCH3 is 1. The minimum Gasteiger partial charge on any atom is -0.490 e. The summed E-state index contributed by atoms with van der Waals surface area (Å²) in [5.74, 6) is -0.358. The van der Waals surface area contributed by atoms with E-state index in [1.807, 2.05) is 45.0 Å². The molecule has 0 spiro atoms. The zero-order chi connectivity index (χ0) is 24.5. The molecule has 0 aliphatic rings. The van der Waals surface area contributed by atoms with Crippen LogP contribution in [0.4, 0.5) is 5.69 Å². The molecule has 0 heterocycles. The molecule has 2 aromatic rings. The topological polar surface area (TPSA) is 111 Å². The predicted octanol–water partition coefficient (Wildman–Crippen LogP) is 3.62. The third-order valence-electron chi connectivity index (χ3n) is 5.31. The van der Waals surface area contributed by atoms with Crippen LogP contribution in [0.5, 0.6) is 11.5 Å². The van der Waals surface area contributed by atoms with E-state index < -0.39 is 11.0 Å². The highest BCUT2D eigenvalue weighted by atomic mass is 16.6. The van der Waals surface area contributed by atoms with Crippen LogP contribution in [0.3, 0.4) is 0 Å². The van der Waals surface area contributed by atoms with Crippen molar-refractivity contribution < 1.29 is 24.0 Å². The molecule has 2 aromatic carbocycles. The van der Waals surface area contributed by atoms with Crippen molar-refractivity contribution in [1.29, 1.82) is 0 Å². The maximum absolute atomic E-state index is 13.1. The van der Waals surface area contributed by atoms with Gasteiger partial charge in [0.05, 0.1) is 12.0 Å². The monoisotopic (exact) mass is 457 g/mol. The molecule has 0 radical (unpaired) electrons.